The van der Waals surface area contributed by atoms with Gasteiger partial charge in [-0.05, 0) is 64.9 Å². The van der Waals surface area contributed by atoms with Crippen LogP contribution in [-0.4, -0.2) is 50.8 Å². The highest BCUT2D eigenvalue weighted by Crippen LogP contribution is 2.42. The number of nitro benzene ring substituents is 1. The largest absolute Gasteiger partial charge is 0.591 e. The number of aromatic nitrogens is 3. The average Bonchev–Trinajstić information content (AvgIpc) is 2.95. The third kappa shape index (κ3) is 9.25. The molecule has 1 N–H and O–H groups in total. The van der Waals surface area contributed by atoms with Crippen LogP contribution in [0, 0.1) is 15.9 Å². The zero-order valence-electron chi connectivity index (χ0n) is 28.8. The van der Waals surface area contributed by atoms with Crippen LogP contribution in [0.15, 0.2) is 41.2 Å². The lowest BCUT2D eigenvalue weighted by atomic mass is 10.0. The Morgan fingerprint density at radius 2 is 1.74 bits per heavy atom. The number of nitrogens with one attached hydrogen (secondary N) is 1. The zero-order chi connectivity index (χ0) is 35.5. The number of methoxy groups -OCH3 is 1. The summed E-state index contributed by atoms with van der Waals surface area (Å²) in [5.74, 6) is -0.0348. The minimum atomic E-state index is -2.18. The fourth-order valence-corrected chi connectivity index (χ4v) is 6.89. The van der Waals surface area contributed by atoms with E-state index in [2.05, 4.69) is 58.5 Å². The van der Waals surface area contributed by atoms with Crippen LogP contribution in [-0.2, 0) is 21.4 Å². The van der Waals surface area contributed by atoms with Crippen molar-refractivity contribution in [3.63, 3.8) is 0 Å². The number of anilines is 1. The molecule has 2 aromatic heterocycles. The lowest BCUT2D eigenvalue weighted by molar-refractivity contribution is -0.384. The van der Waals surface area contributed by atoms with E-state index in [1.54, 1.807) is 26.8 Å². The first-order chi connectivity index (χ1) is 21.6. The van der Waals surface area contributed by atoms with Gasteiger partial charge in [0.1, 0.15) is 44.1 Å². The Balaban J connectivity index is 2.08. The molecule has 0 fully saturated rings. The van der Waals surface area contributed by atoms with Crippen molar-refractivity contribution in [2.45, 2.75) is 96.3 Å². The van der Waals surface area contributed by atoms with Crippen LogP contribution < -0.4 is 10.1 Å². The van der Waals surface area contributed by atoms with E-state index in [1.807, 2.05) is 13.8 Å². The van der Waals surface area contributed by atoms with Gasteiger partial charge in [0.25, 0.3) is 5.69 Å². The first kappa shape index (κ1) is 38.3. The molecule has 2 heterocycles. The Bertz CT molecular complexity index is 1610. The van der Waals surface area contributed by atoms with Crippen molar-refractivity contribution in [2.75, 3.05) is 12.4 Å². The fourth-order valence-electron chi connectivity index (χ4n) is 4.40. The molecule has 1 aromatic carbocycles. The van der Waals surface area contributed by atoms with Crippen LogP contribution >= 0.6 is 11.6 Å². The predicted octanol–water partition coefficient (Wildman–Crippen LogP) is 8.58. The van der Waals surface area contributed by atoms with E-state index in [4.69, 9.17) is 20.8 Å². The number of nitro groups is 1. The highest BCUT2D eigenvalue weighted by atomic mass is 35.5. The lowest BCUT2D eigenvalue weighted by Crippen LogP contribution is -2.46. The van der Waals surface area contributed by atoms with Gasteiger partial charge >= 0.3 is 0 Å². The Morgan fingerprint density at radius 3 is 2.28 bits per heavy atom. The predicted molar refractivity (Wildman–Crippen MR) is 189 cm³/mol. The van der Waals surface area contributed by atoms with Gasteiger partial charge in [0.2, 0.25) is 0 Å². The molecule has 0 amide bonds. The number of hydrogen-bond donors (Lipinski definition) is 1. The molecule has 256 valence electrons. The van der Waals surface area contributed by atoms with Gasteiger partial charge in [0.05, 0.1) is 35.9 Å². The van der Waals surface area contributed by atoms with E-state index in [0.29, 0.717) is 22.7 Å². The lowest BCUT2D eigenvalue weighted by Gasteiger charge is -2.42. The molecule has 0 bridgehead atoms. The van der Waals surface area contributed by atoms with Crippen molar-refractivity contribution in [3.8, 4) is 16.9 Å². The molecule has 1 unspecified atom stereocenters. The molecule has 3 aromatic rings. The summed E-state index contributed by atoms with van der Waals surface area (Å²) in [7, 11) is -0.722. The molecular formula is C32H44ClFN6O5SSi. The summed E-state index contributed by atoms with van der Waals surface area (Å²) in [5, 5.41) is 15.3. The second kappa shape index (κ2) is 14.5. The summed E-state index contributed by atoms with van der Waals surface area (Å²) in [4.78, 5) is 24.6. The van der Waals surface area contributed by atoms with Crippen LogP contribution in [0.25, 0.3) is 11.1 Å². The molecule has 0 spiro atoms. The van der Waals surface area contributed by atoms with Crippen LogP contribution in [0.1, 0.15) is 79.2 Å². The second-order valence-corrected chi connectivity index (χ2v) is 21.1. The number of rotatable bonds is 12. The summed E-state index contributed by atoms with van der Waals surface area (Å²) in [5.41, 5.74) is -0.584. The zero-order valence-corrected chi connectivity index (χ0v) is 31.3. The first-order valence-corrected chi connectivity index (χ1v) is 19.4. The molecule has 47 heavy (non-hydrogen) atoms. The standard InChI is InChI=1S/C32H44ClFN6O5SSi/c1-30(2,3)46(43)38-15-12-23(27-26(44-9)13-14-35-28(27)33)39-24-16-21(22(34)17-25(24)40(41)42)20-18-36-29(37-19-20)32(7,8)45-47(10,11)31(4,5)6/h13-19,23,39H,12H2,1-11H3/b38-15-/t23-,46?/m1/s1. The third-order valence-corrected chi connectivity index (χ3v) is 14.3. The molecule has 0 radical (unpaired) electrons. The Morgan fingerprint density at radius 1 is 1.13 bits per heavy atom. The van der Waals surface area contributed by atoms with Gasteiger partial charge in [-0.3, -0.25) is 10.1 Å². The monoisotopic (exact) mass is 706 g/mol. The van der Waals surface area contributed by atoms with Crippen molar-refractivity contribution in [2.24, 2.45) is 4.40 Å². The minimum absolute atomic E-state index is 0.00520. The number of halogens is 2. The number of ether oxygens (including phenoxy) is 1. The average molecular weight is 707 g/mol. The van der Waals surface area contributed by atoms with Crippen molar-refractivity contribution >= 4 is 48.9 Å². The van der Waals surface area contributed by atoms with Crippen molar-refractivity contribution in [1.29, 1.82) is 0 Å². The summed E-state index contributed by atoms with van der Waals surface area (Å²) in [6, 6.07) is 2.98. The van der Waals surface area contributed by atoms with Gasteiger partial charge in [-0.2, -0.15) is 0 Å². The number of pyridine rings is 1. The molecule has 2 atom stereocenters. The summed E-state index contributed by atoms with van der Waals surface area (Å²) in [6.45, 7) is 19.9. The first-order valence-electron chi connectivity index (χ1n) is 15.0. The van der Waals surface area contributed by atoms with Crippen molar-refractivity contribution < 1.29 is 23.0 Å². The van der Waals surface area contributed by atoms with E-state index < -0.39 is 52.5 Å². The van der Waals surface area contributed by atoms with Gasteiger partial charge in [-0.15, -0.1) is 0 Å². The SMILES string of the molecule is COc1ccnc(Cl)c1[C@@H](C/C=N\[S+]([O-])C(C)(C)C)Nc1cc(-c2cnc(C(C)(C)O[Si](C)(C)C(C)(C)C)nc2)c(F)cc1[N+](=O)[O-]. The number of hydrogen-bond acceptors (Lipinski definition) is 10. The van der Waals surface area contributed by atoms with E-state index in [-0.39, 0.29) is 27.9 Å². The third-order valence-electron chi connectivity index (χ3n) is 7.93. The number of nitrogens with zero attached hydrogens (tertiary/aromatic N) is 5. The topological polar surface area (TPSA) is 148 Å². The van der Waals surface area contributed by atoms with Crippen LogP contribution in [0.4, 0.5) is 15.8 Å². The highest BCUT2D eigenvalue weighted by Gasteiger charge is 2.43. The van der Waals surface area contributed by atoms with E-state index in [1.165, 1.54) is 38.0 Å². The Kier molecular flexibility index (Phi) is 11.8. The summed E-state index contributed by atoms with van der Waals surface area (Å²) in [6.07, 6.45) is 5.96. The van der Waals surface area contributed by atoms with Gasteiger partial charge in [-0.1, -0.05) is 36.8 Å². The van der Waals surface area contributed by atoms with Gasteiger partial charge in [0, 0.05) is 36.1 Å². The molecular weight excluding hydrogens is 663 g/mol. The van der Waals surface area contributed by atoms with Crippen LogP contribution in [0.5, 0.6) is 5.75 Å². The Labute approximate surface area is 285 Å². The van der Waals surface area contributed by atoms with Crippen molar-refractivity contribution in [3.05, 3.63) is 69.3 Å². The summed E-state index contributed by atoms with van der Waals surface area (Å²) < 4.78 is 43.8. The molecule has 0 aliphatic heterocycles. The van der Waals surface area contributed by atoms with Gasteiger partial charge in [-0.25, -0.2) is 19.3 Å². The molecule has 11 nitrogen and oxygen atoms in total. The van der Waals surface area contributed by atoms with E-state index in [0.717, 1.165) is 6.07 Å². The maximum Gasteiger partial charge on any atom is 0.295 e. The normalized spacial score (nSPS) is 14.3. The molecule has 0 saturated carbocycles. The quantitative estimate of drug-likeness (QED) is 0.0488. The second-order valence-electron chi connectivity index (χ2n) is 14.1. The van der Waals surface area contributed by atoms with Crippen molar-refractivity contribution in [1.82, 2.24) is 15.0 Å². The van der Waals surface area contributed by atoms with Gasteiger partial charge in [0.15, 0.2) is 14.1 Å². The molecule has 3 rings (SSSR count). The highest BCUT2D eigenvalue weighted by molar-refractivity contribution is 7.91. The molecule has 0 aliphatic carbocycles. The number of benzene rings is 1. The van der Waals surface area contributed by atoms with Crippen LogP contribution in [0.3, 0.4) is 0 Å². The minimum Gasteiger partial charge on any atom is -0.591 e. The summed E-state index contributed by atoms with van der Waals surface area (Å²) >= 11 is 4.95. The fraction of sp³-hybridized carbons (Fsp3) is 0.500. The van der Waals surface area contributed by atoms with Gasteiger partial charge < -0.3 is 19.0 Å². The van der Waals surface area contributed by atoms with E-state index in [9.17, 15) is 14.7 Å². The Hall–Kier alpha value is -3.17. The smallest absolute Gasteiger partial charge is 0.295 e. The maximum atomic E-state index is 15.5. The molecule has 0 saturated heterocycles. The van der Waals surface area contributed by atoms with Crippen LogP contribution in [0.2, 0.25) is 23.3 Å². The molecule has 15 heteroatoms. The van der Waals surface area contributed by atoms with E-state index >= 15 is 4.39 Å². The molecule has 0 aliphatic rings. The maximum absolute atomic E-state index is 15.5.